The average molecular weight is 520 g/mol. The number of unbranched alkanes of at least 4 members (excludes halogenated alkanes) is 13. The first-order chi connectivity index (χ1) is 16.7. The van der Waals surface area contributed by atoms with Crippen LogP contribution in [-0.2, 0) is 14.9 Å². The lowest BCUT2D eigenvalue weighted by Gasteiger charge is -2.24. The first-order valence-corrected chi connectivity index (χ1v) is 15.6. The van der Waals surface area contributed by atoms with Crippen LogP contribution in [0, 0.1) is 0 Å². The summed E-state index contributed by atoms with van der Waals surface area (Å²) in [6, 6.07) is -1.15. The van der Waals surface area contributed by atoms with Gasteiger partial charge >= 0.3 is 0 Å². The molecule has 1 amide bonds. The molecule has 0 aromatic heterocycles. The molecule has 0 spiro atoms. The second-order valence-corrected chi connectivity index (χ2v) is 11.3. The number of allylic oxidation sites excluding steroid dienone is 2. The molecule has 0 saturated carbocycles. The van der Waals surface area contributed by atoms with E-state index in [1.807, 2.05) is 6.08 Å². The Kier molecular flexibility index (Phi) is 21.6. The molecule has 0 aliphatic carbocycles. The number of aliphatic hydroxyl groups excluding tert-OH is 2. The Balaban J connectivity index is 4.31. The van der Waals surface area contributed by atoms with Crippen LogP contribution in [0.2, 0.25) is 0 Å². The molecule has 4 N–H and O–H groups in total. The highest BCUT2D eigenvalue weighted by Crippen LogP contribution is 2.14. The van der Waals surface area contributed by atoms with E-state index in [9.17, 15) is 28.0 Å². The molecule has 0 bridgehead atoms. The monoisotopic (exact) mass is 519 g/mol. The van der Waals surface area contributed by atoms with Crippen molar-refractivity contribution >= 4 is 16.0 Å². The number of hydrogen-bond donors (Lipinski definition) is 4. The lowest BCUT2D eigenvalue weighted by Crippen LogP contribution is -2.50. The topological polar surface area (TPSA) is 124 Å². The van der Waals surface area contributed by atoms with Crippen LogP contribution < -0.4 is 5.32 Å². The minimum atomic E-state index is -4.39. The second-order valence-electron chi connectivity index (χ2n) is 9.82. The van der Waals surface area contributed by atoms with Gasteiger partial charge in [-0.25, -0.2) is 0 Å². The van der Waals surface area contributed by atoms with Crippen LogP contribution in [0.25, 0.3) is 0 Å². The number of carbonyl (C=O) groups excluding carboxylic acids is 1. The van der Waals surface area contributed by atoms with Crippen molar-refractivity contribution < 1.29 is 28.0 Å². The Hall–Kier alpha value is -0.960. The van der Waals surface area contributed by atoms with E-state index in [-0.39, 0.29) is 6.42 Å². The molecule has 0 aliphatic heterocycles. The Bertz CT molecular complexity index is 638. The van der Waals surface area contributed by atoms with Gasteiger partial charge in [-0.05, 0) is 32.1 Å². The van der Waals surface area contributed by atoms with Crippen LogP contribution in [-0.4, -0.2) is 53.1 Å². The summed E-state index contributed by atoms with van der Waals surface area (Å²) < 4.78 is 32.0. The number of nitrogens with one attached hydrogen (secondary N) is 1. The SMILES string of the molecule is CCCCCC/C=C\CCC(O)C(=O)NC(CS(=O)(=O)O)C(O)CCCCCCCCCCCC. The van der Waals surface area contributed by atoms with Gasteiger partial charge in [0.25, 0.3) is 10.1 Å². The summed E-state index contributed by atoms with van der Waals surface area (Å²) in [6.07, 6.45) is 19.8. The Morgan fingerprint density at radius 3 is 1.77 bits per heavy atom. The molecular formula is C27H53NO6S. The lowest BCUT2D eigenvalue weighted by atomic mass is 10.0. The van der Waals surface area contributed by atoms with Gasteiger partial charge in [-0.1, -0.05) is 109 Å². The Labute approximate surface area is 214 Å². The second kappa shape index (κ2) is 22.3. The average Bonchev–Trinajstić information content (AvgIpc) is 2.80. The molecule has 0 fully saturated rings. The molecule has 0 aromatic carbocycles. The first-order valence-electron chi connectivity index (χ1n) is 14.0. The quantitative estimate of drug-likeness (QED) is 0.0737. The highest BCUT2D eigenvalue weighted by atomic mass is 32.2. The third-order valence-corrected chi connectivity index (χ3v) is 7.12. The van der Waals surface area contributed by atoms with Gasteiger partial charge in [0.15, 0.2) is 0 Å². The number of aliphatic hydroxyl groups is 2. The predicted octanol–water partition coefficient (Wildman–Crippen LogP) is 5.70. The van der Waals surface area contributed by atoms with E-state index in [2.05, 4.69) is 25.2 Å². The zero-order chi connectivity index (χ0) is 26.4. The van der Waals surface area contributed by atoms with Gasteiger partial charge in [0.1, 0.15) is 6.10 Å². The summed E-state index contributed by atoms with van der Waals surface area (Å²) in [5.74, 6) is -1.50. The van der Waals surface area contributed by atoms with Crippen molar-refractivity contribution in [1.29, 1.82) is 0 Å². The van der Waals surface area contributed by atoms with Gasteiger partial charge < -0.3 is 15.5 Å². The normalized spacial score (nSPS) is 14.8. The molecule has 0 aliphatic rings. The number of carbonyl (C=O) groups is 1. The van der Waals surface area contributed by atoms with Crippen molar-refractivity contribution in [1.82, 2.24) is 5.32 Å². The van der Waals surface area contributed by atoms with Crippen molar-refractivity contribution in [2.75, 3.05) is 5.75 Å². The molecule has 7 nitrogen and oxygen atoms in total. The highest BCUT2D eigenvalue weighted by Gasteiger charge is 2.28. The van der Waals surface area contributed by atoms with Crippen LogP contribution in [0.15, 0.2) is 12.2 Å². The fraction of sp³-hybridized carbons (Fsp3) is 0.889. The predicted molar refractivity (Wildman–Crippen MR) is 144 cm³/mol. The van der Waals surface area contributed by atoms with Gasteiger partial charge in [-0.3, -0.25) is 9.35 Å². The minimum absolute atomic E-state index is 0.213. The maximum atomic E-state index is 12.4. The summed E-state index contributed by atoms with van der Waals surface area (Å²) in [4.78, 5) is 12.4. The third kappa shape index (κ3) is 22.0. The molecule has 0 rings (SSSR count). The fourth-order valence-electron chi connectivity index (χ4n) is 4.11. The van der Waals surface area contributed by atoms with Gasteiger partial charge in [0.2, 0.25) is 5.91 Å². The van der Waals surface area contributed by atoms with Crippen LogP contribution in [0.4, 0.5) is 0 Å². The Morgan fingerprint density at radius 2 is 1.23 bits per heavy atom. The van der Waals surface area contributed by atoms with E-state index in [4.69, 9.17) is 0 Å². The third-order valence-electron chi connectivity index (χ3n) is 6.34. The van der Waals surface area contributed by atoms with Crippen molar-refractivity contribution in [2.24, 2.45) is 0 Å². The van der Waals surface area contributed by atoms with Crippen molar-refractivity contribution in [3.63, 3.8) is 0 Å². The van der Waals surface area contributed by atoms with Crippen molar-refractivity contribution in [3.05, 3.63) is 12.2 Å². The van der Waals surface area contributed by atoms with Gasteiger partial charge in [0, 0.05) is 0 Å². The molecule has 35 heavy (non-hydrogen) atoms. The molecule has 3 unspecified atom stereocenters. The van der Waals surface area contributed by atoms with Gasteiger partial charge in [-0.2, -0.15) is 8.42 Å². The maximum Gasteiger partial charge on any atom is 0.266 e. The van der Waals surface area contributed by atoms with E-state index >= 15 is 0 Å². The van der Waals surface area contributed by atoms with Crippen LogP contribution in [0.1, 0.15) is 129 Å². The fourth-order valence-corrected chi connectivity index (χ4v) is 4.87. The number of hydrogen-bond acceptors (Lipinski definition) is 5. The summed E-state index contributed by atoms with van der Waals surface area (Å²) in [7, 11) is -4.39. The van der Waals surface area contributed by atoms with E-state index in [1.54, 1.807) is 0 Å². The molecule has 3 atom stereocenters. The smallest absolute Gasteiger partial charge is 0.266 e. The summed E-state index contributed by atoms with van der Waals surface area (Å²) in [6.45, 7) is 4.37. The Morgan fingerprint density at radius 1 is 0.743 bits per heavy atom. The van der Waals surface area contributed by atoms with E-state index in [1.165, 1.54) is 57.8 Å². The molecular weight excluding hydrogens is 466 g/mol. The zero-order valence-corrected chi connectivity index (χ0v) is 23.1. The molecule has 0 aromatic rings. The van der Waals surface area contributed by atoms with Gasteiger partial charge in [0.05, 0.1) is 17.9 Å². The van der Waals surface area contributed by atoms with E-state index in [0.29, 0.717) is 19.3 Å². The van der Waals surface area contributed by atoms with Crippen molar-refractivity contribution in [2.45, 2.75) is 148 Å². The first kappa shape index (κ1) is 34.0. The maximum absolute atomic E-state index is 12.4. The molecule has 0 radical (unpaired) electrons. The zero-order valence-electron chi connectivity index (χ0n) is 22.3. The van der Waals surface area contributed by atoms with E-state index in [0.717, 1.165) is 32.1 Å². The standard InChI is InChI=1S/C27H53NO6S/c1-3-5-7-9-11-13-14-16-17-19-21-25(29)24(23-35(32,33)34)28-27(31)26(30)22-20-18-15-12-10-8-6-4-2/h15,18,24-26,29-30H,3-14,16-17,19-23H2,1-2H3,(H,28,31)(H,32,33,34)/b18-15-. The number of amides is 1. The largest absolute Gasteiger partial charge is 0.391 e. The summed E-state index contributed by atoms with van der Waals surface area (Å²) >= 11 is 0. The van der Waals surface area contributed by atoms with Crippen molar-refractivity contribution in [3.8, 4) is 0 Å². The van der Waals surface area contributed by atoms with Crippen LogP contribution >= 0.6 is 0 Å². The van der Waals surface area contributed by atoms with Crippen LogP contribution in [0.5, 0.6) is 0 Å². The summed E-state index contributed by atoms with van der Waals surface area (Å²) in [5, 5.41) is 23.1. The highest BCUT2D eigenvalue weighted by molar-refractivity contribution is 7.85. The van der Waals surface area contributed by atoms with Gasteiger partial charge in [-0.15, -0.1) is 0 Å². The van der Waals surface area contributed by atoms with E-state index < -0.39 is 40.0 Å². The molecule has 0 heterocycles. The number of rotatable bonds is 24. The lowest BCUT2D eigenvalue weighted by molar-refractivity contribution is -0.131. The summed E-state index contributed by atoms with van der Waals surface area (Å²) in [5.41, 5.74) is 0. The molecule has 208 valence electrons. The minimum Gasteiger partial charge on any atom is -0.391 e. The molecule has 8 heteroatoms. The van der Waals surface area contributed by atoms with Crippen LogP contribution in [0.3, 0.4) is 0 Å². The molecule has 0 saturated heterocycles.